The second-order valence-corrected chi connectivity index (χ2v) is 6.84. The molecule has 0 radical (unpaired) electrons. The van der Waals surface area contributed by atoms with Gasteiger partial charge in [0.15, 0.2) is 5.96 Å². The number of hydrogen-bond donors (Lipinski definition) is 2. The van der Waals surface area contributed by atoms with Gasteiger partial charge in [-0.1, -0.05) is 28.1 Å². The first-order valence-corrected chi connectivity index (χ1v) is 8.93. The van der Waals surface area contributed by atoms with Crippen LogP contribution in [-0.2, 0) is 11.3 Å². The Bertz CT molecular complexity index is 544. The first-order valence-electron chi connectivity index (χ1n) is 8.14. The van der Waals surface area contributed by atoms with E-state index in [-0.39, 0.29) is 5.91 Å². The molecule has 1 saturated heterocycles. The minimum Gasteiger partial charge on any atom is -0.370 e. The third-order valence-electron chi connectivity index (χ3n) is 3.97. The van der Waals surface area contributed by atoms with Crippen LogP contribution in [0.25, 0.3) is 0 Å². The first-order chi connectivity index (χ1) is 11.1. The van der Waals surface area contributed by atoms with Crippen molar-refractivity contribution in [1.82, 2.24) is 10.2 Å². The smallest absolute Gasteiger partial charge is 0.217 e. The van der Waals surface area contributed by atoms with Crippen LogP contribution in [0, 0.1) is 5.92 Å². The van der Waals surface area contributed by atoms with Crippen molar-refractivity contribution in [2.45, 2.75) is 32.7 Å². The molecule has 0 spiro atoms. The third kappa shape index (κ3) is 5.86. The monoisotopic (exact) mass is 380 g/mol. The number of piperidine rings is 1. The van der Waals surface area contributed by atoms with Gasteiger partial charge in [-0.25, -0.2) is 4.99 Å². The molecule has 1 aliphatic heterocycles. The van der Waals surface area contributed by atoms with E-state index in [0.29, 0.717) is 18.9 Å². The molecule has 1 aromatic carbocycles. The molecule has 0 saturated carbocycles. The van der Waals surface area contributed by atoms with Crippen molar-refractivity contribution in [3.63, 3.8) is 0 Å². The molecule has 126 valence electrons. The number of hydrogen-bond acceptors (Lipinski definition) is 2. The van der Waals surface area contributed by atoms with Gasteiger partial charge in [0.25, 0.3) is 0 Å². The molecule has 0 bridgehead atoms. The van der Waals surface area contributed by atoms with Gasteiger partial charge >= 0.3 is 0 Å². The predicted molar refractivity (Wildman–Crippen MR) is 97.1 cm³/mol. The van der Waals surface area contributed by atoms with Crippen LogP contribution in [0.1, 0.15) is 31.7 Å². The number of nitrogens with one attached hydrogen (secondary N) is 1. The fourth-order valence-corrected chi connectivity index (χ4v) is 3.15. The zero-order valence-corrected chi connectivity index (χ0v) is 15.2. The summed E-state index contributed by atoms with van der Waals surface area (Å²) < 4.78 is 1.07. The van der Waals surface area contributed by atoms with E-state index < -0.39 is 0 Å². The molecule has 23 heavy (non-hydrogen) atoms. The second kappa shape index (κ2) is 8.91. The Balaban J connectivity index is 2.02. The second-order valence-electron chi connectivity index (χ2n) is 5.92. The molecule has 1 fully saturated rings. The summed E-state index contributed by atoms with van der Waals surface area (Å²) in [7, 11) is 0. The quantitative estimate of drug-likeness (QED) is 0.608. The molecule has 1 unspecified atom stereocenters. The first kappa shape index (κ1) is 17.8. The SMILES string of the molecule is CCNC(=NCc1ccc(Br)cc1)N1CCCC(CC(N)=O)C1. The van der Waals surface area contributed by atoms with Gasteiger partial charge in [0, 0.05) is 30.5 Å². The normalized spacial score (nSPS) is 18.8. The summed E-state index contributed by atoms with van der Waals surface area (Å²) in [5.41, 5.74) is 6.52. The number of carbonyl (C=O) groups is 1. The van der Waals surface area contributed by atoms with Crippen molar-refractivity contribution < 1.29 is 4.79 Å². The van der Waals surface area contributed by atoms with Gasteiger partial charge in [0.2, 0.25) is 5.91 Å². The Kier molecular flexibility index (Phi) is 6.89. The number of benzene rings is 1. The maximum absolute atomic E-state index is 11.2. The van der Waals surface area contributed by atoms with Crippen LogP contribution in [-0.4, -0.2) is 36.4 Å². The van der Waals surface area contributed by atoms with E-state index in [9.17, 15) is 4.79 Å². The number of guanidine groups is 1. The van der Waals surface area contributed by atoms with Gasteiger partial charge in [-0.3, -0.25) is 4.79 Å². The van der Waals surface area contributed by atoms with Crippen LogP contribution >= 0.6 is 15.9 Å². The lowest BCUT2D eigenvalue weighted by molar-refractivity contribution is -0.119. The zero-order chi connectivity index (χ0) is 16.7. The van der Waals surface area contributed by atoms with Crippen molar-refractivity contribution >= 4 is 27.8 Å². The highest BCUT2D eigenvalue weighted by molar-refractivity contribution is 9.10. The summed E-state index contributed by atoms with van der Waals surface area (Å²) >= 11 is 3.44. The summed E-state index contributed by atoms with van der Waals surface area (Å²) in [4.78, 5) is 18.2. The van der Waals surface area contributed by atoms with Crippen molar-refractivity contribution in [2.24, 2.45) is 16.6 Å². The number of likely N-dealkylation sites (tertiary alicyclic amines) is 1. The van der Waals surface area contributed by atoms with Gasteiger partial charge in [0.1, 0.15) is 0 Å². The Morgan fingerprint density at radius 2 is 2.17 bits per heavy atom. The molecular formula is C17H25BrN4O. The Morgan fingerprint density at radius 3 is 2.83 bits per heavy atom. The Labute approximate surface area is 146 Å². The molecule has 1 heterocycles. The van der Waals surface area contributed by atoms with Gasteiger partial charge in [-0.05, 0) is 43.4 Å². The van der Waals surface area contributed by atoms with E-state index in [1.807, 2.05) is 12.1 Å². The van der Waals surface area contributed by atoms with Crippen LogP contribution in [0.4, 0.5) is 0 Å². The molecular weight excluding hydrogens is 356 g/mol. The maximum atomic E-state index is 11.2. The lowest BCUT2D eigenvalue weighted by atomic mass is 9.95. The minimum atomic E-state index is -0.214. The number of nitrogens with zero attached hydrogens (tertiary/aromatic N) is 2. The number of rotatable bonds is 5. The maximum Gasteiger partial charge on any atom is 0.217 e. The highest BCUT2D eigenvalue weighted by atomic mass is 79.9. The summed E-state index contributed by atoms with van der Waals surface area (Å²) in [6.07, 6.45) is 2.59. The van der Waals surface area contributed by atoms with Gasteiger partial charge in [-0.2, -0.15) is 0 Å². The van der Waals surface area contributed by atoms with Gasteiger partial charge in [-0.15, -0.1) is 0 Å². The van der Waals surface area contributed by atoms with E-state index in [2.05, 4.69) is 45.2 Å². The molecule has 3 N–H and O–H groups in total. The molecule has 1 aliphatic rings. The highest BCUT2D eigenvalue weighted by Crippen LogP contribution is 2.19. The molecule has 5 nitrogen and oxygen atoms in total. The third-order valence-corrected chi connectivity index (χ3v) is 4.50. The predicted octanol–water partition coefficient (Wildman–Crippen LogP) is 2.50. The number of aliphatic imine (C=N–C) groups is 1. The summed E-state index contributed by atoms with van der Waals surface area (Å²) in [5.74, 6) is 1.04. The number of carbonyl (C=O) groups excluding carboxylic acids is 1. The number of amides is 1. The van der Waals surface area contributed by atoms with Crippen molar-refractivity contribution in [3.8, 4) is 0 Å². The zero-order valence-electron chi connectivity index (χ0n) is 13.6. The number of halogens is 1. The highest BCUT2D eigenvalue weighted by Gasteiger charge is 2.23. The van der Waals surface area contributed by atoms with E-state index in [1.165, 1.54) is 5.56 Å². The number of primary amides is 1. The lowest BCUT2D eigenvalue weighted by Gasteiger charge is -2.34. The fraction of sp³-hybridized carbons (Fsp3) is 0.529. The van der Waals surface area contributed by atoms with Crippen LogP contribution in [0.15, 0.2) is 33.7 Å². The topological polar surface area (TPSA) is 70.7 Å². The van der Waals surface area contributed by atoms with E-state index >= 15 is 0 Å². The van der Waals surface area contributed by atoms with E-state index in [4.69, 9.17) is 10.7 Å². The average molecular weight is 381 g/mol. The largest absolute Gasteiger partial charge is 0.370 e. The van der Waals surface area contributed by atoms with Crippen LogP contribution in [0.3, 0.4) is 0 Å². The molecule has 2 rings (SSSR count). The van der Waals surface area contributed by atoms with Crippen LogP contribution in [0.5, 0.6) is 0 Å². The molecule has 1 aromatic rings. The fourth-order valence-electron chi connectivity index (χ4n) is 2.89. The van der Waals surface area contributed by atoms with Crippen LogP contribution in [0.2, 0.25) is 0 Å². The number of nitrogens with two attached hydrogens (primary N) is 1. The van der Waals surface area contributed by atoms with Crippen molar-refractivity contribution in [2.75, 3.05) is 19.6 Å². The summed E-state index contributed by atoms with van der Waals surface area (Å²) in [6, 6.07) is 8.20. The van der Waals surface area contributed by atoms with Crippen molar-refractivity contribution in [3.05, 3.63) is 34.3 Å². The van der Waals surface area contributed by atoms with Crippen molar-refractivity contribution in [1.29, 1.82) is 0 Å². The van der Waals surface area contributed by atoms with E-state index in [1.54, 1.807) is 0 Å². The van der Waals surface area contributed by atoms with E-state index in [0.717, 1.165) is 42.9 Å². The summed E-state index contributed by atoms with van der Waals surface area (Å²) in [6.45, 7) is 5.36. The standard InChI is InChI=1S/C17H25BrN4O/c1-2-20-17(21-11-13-5-7-15(18)8-6-13)22-9-3-4-14(12-22)10-16(19)23/h5-8,14H,2-4,9-12H2,1H3,(H2,19,23)(H,20,21). The van der Waals surface area contributed by atoms with Gasteiger partial charge in [0.05, 0.1) is 6.54 Å². The average Bonchev–Trinajstić information content (AvgIpc) is 2.52. The lowest BCUT2D eigenvalue weighted by Crippen LogP contribution is -2.47. The summed E-state index contributed by atoms with van der Waals surface area (Å²) in [5, 5.41) is 3.36. The minimum absolute atomic E-state index is 0.214. The Morgan fingerprint density at radius 1 is 1.43 bits per heavy atom. The molecule has 1 amide bonds. The molecule has 0 aromatic heterocycles. The van der Waals surface area contributed by atoms with Crippen LogP contribution < -0.4 is 11.1 Å². The van der Waals surface area contributed by atoms with Gasteiger partial charge < -0.3 is 16.0 Å². The Hall–Kier alpha value is -1.56. The molecule has 6 heteroatoms. The molecule has 1 atom stereocenters. The molecule has 0 aliphatic carbocycles.